The monoisotopic (exact) mass is 544 g/mol. The molecule has 9 heteroatoms. The van der Waals surface area contributed by atoms with Crippen LogP contribution >= 0.6 is 11.8 Å². The van der Waals surface area contributed by atoms with Gasteiger partial charge in [-0.25, -0.2) is 0 Å². The molecule has 206 valence electrons. The van der Waals surface area contributed by atoms with Gasteiger partial charge >= 0.3 is 17.9 Å². The van der Waals surface area contributed by atoms with Gasteiger partial charge in [0.15, 0.2) is 12.2 Å². The zero-order valence-corrected chi connectivity index (χ0v) is 23.3. The van der Waals surface area contributed by atoms with Crippen LogP contribution in [-0.2, 0) is 46.2 Å². The number of aryl methyl sites for hydroxylation is 2. The highest BCUT2D eigenvalue weighted by atomic mass is 32.2. The van der Waals surface area contributed by atoms with Crippen molar-refractivity contribution in [2.45, 2.75) is 76.3 Å². The van der Waals surface area contributed by atoms with Gasteiger partial charge in [-0.15, -0.1) is 11.8 Å². The molecule has 1 heterocycles. The van der Waals surface area contributed by atoms with Gasteiger partial charge in [0.2, 0.25) is 0 Å². The van der Waals surface area contributed by atoms with E-state index < -0.39 is 41.8 Å². The largest absolute Gasteiger partial charge is 0.469 e. The molecular formula is C29H36O8S. The average molecular weight is 545 g/mol. The lowest BCUT2D eigenvalue weighted by molar-refractivity contribution is -0.224. The first kappa shape index (κ1) is 29.7. The first-order valence-electron chi connectivity index (χ1n) is 12.6. The third kappa shape index (κ3) is 7.82. The third-order valence-electron chi connectivity index (χ3n) is 6.55. The van der Waals surface area contributed by atoms with E-state index in [9.17, 15) is 19.5 Å². The van der Waals surface area contributed by atoms with Crippen molar-refractivity contribution in [3.05, 3.63) is 70.3 Å². The van der Waals surface area contributed by atoms with E-state index in [0.29, 0.717) is 12.8 Å². The summed E-state index contributed by atoms with van der Waals surface area (Å²) in [5.74, 6) is -1.32. The number of ether oxygens (including phenoxy) is 4. The van der Waals surface area contributed by atoms with Gasteiger partial charge in [0.25, 0.3) is 0 Å². The van der Waals surface area contributed by atoms with Crippen LogP contribution < -0.4 is 0 Å². The highest BCUT2D eigenvalue weighted by Gasteiger charge is 2.49. The molecule has 8 nitrogen and oxygen atoms in total. The molecule has 2 aromatic carbocycles. The Morgan fingerprint density at radius 3 is 2.21 bits per heavy atom. The van der Waals surface area contributed by atoms with Crippen LogP contribution in [0.5, 0.6) is 0 Å². The number of hydrogen-bond donors (Lipinski definition) is 1. The number of aliphatic hydroxyl groups excluding tert-OH is 1. The molecule has 1 aliphatic heterocycles. The molecule has 1 N–H and O–H groups in total. The minimum Gasteiger partial charge on any atom is -0.469 e. The maximum Gasteiger partial charge on any atom is 0.305 e. The number of aliphatic hydroxyl groups is 1. The van der Waals surface area contributed by atoms with Crippen molar-refractivity contribution >= 4 is 29.7 Å². The molecular weight excluding hydrogens is 508 g/mol. The van der Waals surface area contributed by atoms with Crippen molar-refractivity contribution in [2.75, 3.05) is 13.4 Å². The number of carbonyl (C=O) groups is 3. The van der Waals surface area contributed by atoms with Crippen LogP contribution in [-0.4, -0.2) is 60.1 Å². The maximum absolute atomic E-state index is 11.9. The predicted molar refractivity (Wildman–Crippen MR) is 144 cm³/mol. The van der Waals surface area contributed by atoms with Gasteiger partial charge in [-0.05, 0) is 60.3 Å². The van der Waals surface area contributed by atoms with Crippen LogP contribution in [0, 0.1) is 6.92 Å². The van der Waals surface area contributed by atoms with E-state index in [-0.39, 0.29) is 5.97 Å². The van der Waals surface area contributed by atoms with Gasteiger partial charge in [-0.3, -0.25) is 14.4 Å². The smallest absolute Gasteiger partial charge is 0.305 e. The summed E-state index contributed by atoms with van der Waals surface area (Å²) < 4.78 is 21.8. The molecule has 0 radical (unpaired) electrons. The minimum atomic E-state index is -1.25. The fraction of sp³-hybridized carbons (Fsp3) is 0.483. The van der Waals surface area contributed by atoms with Crippen molar-refractivity contribution in [1.29, 1.82) is 0 Å². The van der Waals surface area contributed by atoms with Gasteiger partial charge in [-0.1, -0.05) is 42.5 Å². The van der Waals surface area contributed by atoms with E-state index in [4.69, 9.17) is 18.9 Å². The molecule has 0 aromatic heterocycles. The van der Waals surface area contributed by atoms with Crippen LogP contribution in [0.4, 0.5) is 0 Å². The van der Waals surface area contributed by atoms with Crippen molar-refractivity contribution in [2.24, 2.45) is 0 Å². The zero-order valence-electron chi connectivity index (χ0n) is 22.5. The van der Waals surface area contributed by atoms with E-state index >= 15 is 0 Å². The molecule has 5 unspecified atom stereocenters. The van der Waals surface area contributed by atoms with Gasteiger partial charge < -0.3 is 24.1 Å². The summed E-state index contributed by atoms with van der Waals surface area (Å²) in [7, 11) is 1.40. The van der Waals surface area contributed by atoms with Crippen LogP contribution in [0.25, 0.3) is 0 Å². The van der Waals surface area contributed by atoms with Crippen molar-refractivity contribution in [3.63, 3.8) is 0 Å². The number of benzene rings is 2. The molecule has 3 rings (SSSR count). The summed E-state index contributed by atoms with van der Waals surface area (Å²) in [6.07, 6.45) is 0.404. The molecule has 1 saturated heterocycles. The lowest BCUT2D eigenvalue weighted by atomic mass is 9.90. The van der Waals surface area contributed by atoms with E-state index in [1.165, 1.54) is 32.7 Å². The van der Waals surface area contributed by atoms with Crippen molar-refractivity contribution < 1.29 is 38.4 Å². The number of rotatable bonds is 10. The maximum atomic E-state index is 11.9. The highest BCUT2D eigenvalue weighted by Crippen LogP contribution is 2.39. The molecule has 0 amide bonds. The van der Waals surface area contributed by atoms with Crippen LogP contribution in [0.1, 0.15) is 60.6 Å². The summed E-state index contributed by atoms with van der Waals surface area (Å²) in [6, 6.07) is 14.2. The Bertz CT molecular complexity index is 1120. The zero-order chi connectivity index (χ0) is 27.8. The van der Waals surface area contributed by atoms with E-state index in [1.807, 2.05) is 25.1 Å². The number of hydrogen-bond acceptors (Lipinski definition) is 9. The number of methoxy groups -OCH3 is 1. The fourth-order valence-electron chi connectivity index (χ4n) is 4.57. The number of thioether (sulfide) groups is 1. The second-order valence-corrected chi connectivity index (χ2v) is 10.3. The fourth-order valence-corrected chi connectivity index (χ4v) is 5.28. The van der Waals surface area contributed by atoms with Crippen LogP contribution in [0.3, 0.4) is 0 Å². The summed E-state index contributed by atoms with van der Waals surface area (Å²) >= 11 is 1.31. The third-order valence-corrected chi connectivity index (χ3v) is 7.39. The average Bonchev–Trinajstić information content (AvgIpc) is 2.88. The Labute approximate surface area is 228 Å². The topological polar surface area (TPSA) is 108 Å². The van der Waals surface area contributed by atoms with Gasteiger partial charge in [0, 0.05) is 20.3 Å². The SMILES string of the molecule is COC(=O)CCCc1ccc(Cc2cc(C3OC(SC)C(OC(C)=O)C(O)C3OC(C)=O)ccc2C)cc1. The van der Waals surface area contributed by atoms with E-state index in [0.717, 1.165) is 40.7 Å². The molecule has 1 aliphatic rings. The predicted octanol–water partition coefficient (Wildman–Crippen LogP) is 4.07. The summed E-state index contributed by atoms with van der Waals surface area (Å²) in [5, 5.41) is 11.1. The molecule has 0 aliphatic carbocycles. The van der Waals surface area contributed by atoms with Crippen LogP contribution in [0.15, 0.2) is 42.5 Å². The molecule has 0 spiro atoms. The van der Waals surface area contributed by atoms with Gasteiger partial charge in [-0.2, -0.15) is 0 Å². The Balaban J connectivity index is 1.80. The van der Waals surface area contributed by atoms with Gasteiger partial charge in [0.05, 0.1) is 7.11 Å². The normalized spacial score (nSPS) is 22.9. The molecule has 1 fully saturated rings. The lowest BCUT2D eigenvalue weighted by Crippen LogP contribution is -2.55. The second kappa shape index (κ2) is 13.8. The van der Waals surface area contributed by atoms with Gasteiger partial charge in [0.1, 0.15) is 17.6 Å². The van der Waals surface area contributed by atoms with Crippen LogP contribution in [0.2, 0.25) is 0 Å². The second-order valence-electron chi connectivity index (χ2n) is 9.41. The number of carbonyl (C=O) groups excluding carboxylic acids is 3. The quantitative estimate of drug-likeness (QED) is 0.350. The van der Waals surface area contributed by atoms with Crippen molar-refractivity contribution in [3.8, 4) is 0 Å². The summed E-state index contributed by atoms with van der Waals surface area (Å²) in [5.41, 5.74) is 4.57. The number of esters is 3. The lowest BCUT2D eigenvalue weighted by Gasteiger charge is -2.43. The Morgan fingerprint density at radius 2 is 1.61 bits per heavy atom. The minimum absolute atomic E-state index is 0.201. The first-order valence-corrected chi connectivity index (χ1v) is 13.9. The molecule has 0 saturated carbocycles. The Kier molecular flexibility index (Phi) is 10.8. The Hall–Kier alpha value is -2.88. The summed E-state index contributed by atoms with van der Waals surface area (Å²) in [6.45, 7) is 4.56. The highest BCUT2D eigenvalue weighted by molar-refractivity contribution is 7.99. The molecule has 38 heavy (non-hydrogen) atoms. The van der Waals surface area contributed by atoms with E-state index in [2.05, 4.69) is 24.3 Å². The summed E-state index contributed by atoms with van der Waals surface area (Å²) in [4.78, 5) is 34.9. The first-order chi connectivity index (χ1) is 18.1. The standard InChI is InChI=1S/C29H36O8S/c1-17-9-14-22(16-23(17)15-21-12-10-20(11-13-21)7-6-8-24(32)34-4)26-27(35-18(2)30)25(33)28(36-19(3)31)29(37-26)38-5/h9-14,16,25-29,33H,6-8,15H2,1-5H3. The molecule has 2 aromatic rings. The van der Waals surface area contributed by atoms with E-state index in [1.54, 1.807) is 6.26 Å². The molecule has 0 bridgehead atoms. The van der Waals surface area contributed by atoms with Crippen molar-refractivity contribution in [1.82, 2.24) is 0 Å². The Morgan fingerprint density at radius 1 is 0.974 bits per heavy atom. The molecule has 5 atom stereocenters.